The van der Waals surface area contributed by atoms with Gasteiger partial charge in [0.15, 0.2) is 0 Å². The van der Waals surface area contributed by atoms with Crippen LogP contribution in [0.4, 0.5) is 5.69 Å². The molecule has 1 amide bonds. The SMILES string of the molecule is O=C(NN=Cc1ccccc1OCc1ccccc1)c1cc2cc([N+](=O)[O-])ccc2s1. The first-order valence-corrected chi connectivity index (χ1v) is 10.2. The van der Waals surface area contributed by atoms with Crippen molar-refractivity contribution in [1.82, 2.24) is 5.43 Å². The van der Waals surface area contributed by atoms with Crippen LogP contribution in [0.5, 0.6) is 5.75 Å². The third kappa shape index (κ3) is 4.93. The number of benzene rings is 3. The smallest absolute Gasteiger partial charge is 0.281 e. The molecule has 0 aliphatic rings. The molecule has 1 aromatic heterocycles. The van der Waals surface area contributed by atoms with Crippen LogP contribution < -0.4 is 10.2 Å². The van der Waals surface area contributed by atoms with Crippen molar-refractivity contribution in [2.75, 3.05) is 0 Å². The molecular weight excluding hydrogens is 414 g/mol. The summed E-state index contributed by atoms with van der Waals surface area (Å²) in [4.78, 5) is 23.3. The van der Waals surface area contributed by atoms with Gasteiger partial charge in [0, 0.05) is 27.8 Å². The number of nitro benzene ring substituents is 1. The van der Waals surface area contributed by atoms with Gasteiger partial charge in [-0.15, -0.1) is 11.3 Å². The molecule has 1 heterocycles. The zero-order valence-corrected chi connectivity index (χ0v) is 17.0. The topological polar surface area (TPSA) is 93.8 Å². The van der Waals surface area contributed by atoms with Crippen LogP contribution in [0.1, 0.15) is 20.8 Å². The van der Waals surface area contributed by atoms with Crippen LogP contribution in [0.15, 0.2) is 84.0 Å². The minimum absolute atomic E-state index is 0.0117. The first-order chi connectivity index (χ1) is 15.1. The van der Waals surface area contributed by atoms with E-state index in [1.165, 1.54) is 29.7 Å². The van der Waals surface area contributed by atoms with E-state index in [9.17, 15) is 14.9 Å². The number of hydrogen-bond acceptors (Lipinski definition) is 6. The molecule has 4 aromatic rings. The molecule has 0 spiro atoms. The number of carbonyl (C=O) groups excluding carboxylic acids is 1. The predicted octanol–water partition coefficient (Wildman–Crippen LogP) is 5.15. The summed E-state index contributed by atoms with van der Waals surface area (Å²) < 4.78 is 6.67. The molecule has 0 saturated heterocycles. The lowest BCUT2D eigenvalue weighted by Gasteiger charge is -2.08. The molecule has 8 heteroatoms. The van der Waals surface area contributed by atoms with Crippen LogP contribution >= 0.6 is 11.3 Å². The number of hydrogen-bond donors (Lipinski definition) is 1. The van der Waals surface area contributed by atoms with Gasteiger partial charge < -0.3 is 4.74 Å². The van der Waals surface area contributed by atoms with E-state index in [-0.39, 0.29) is 11.6 Å². The number of rotatable bonds is 7. The number of nitrogens with one attached hydrogen (secondary N) is 1. The van der Waals surface area contributed by atoms with Crippen LogP contribution in [0.3, 0.4) is 0 Å². The van der Waals surface area contributed by atoms with Gasteiger partial charge in [-0.05, 0) is 29.8 Å². The third-order valence-corrected chi connectivity index (χ3v) is 5.58. The lowest BCUT2D eigenvalue weighted by atomic mass is 10.2. The average Bonchev–Trinajstić information content (AvgIpc) is 3.22. The minimum atomic E-state index is -0.460. The monoisotopic (exact) mass is 431 g/mol. The van der Waals surface area contributed by atoms with Crippen LogP contribution in [0, 0.1) is 10.1 Å². The second-order valence-corrected chi connectivity index (χ2v) is 7.68. The first-order valence-electron chi connectivity index (χ1n) is 9.37. The number of fused-ring (bicyclic) bond motifs is 1. The van der Waals surface area contributed by atoms with Crippen molar-refractivity contribution in [3.63, 3.8) is 0 Å². The van der Waals surface area contributed by atoms with Crippen LogP contribution in [-0.2, 0) is 6.61 Å². The van der Waals surface area contributed by atoms with E-state index in [0.717, 1.165) is 15.8 Å². The number of amides is 1. The van der Waals surface area contributed by atoms with E-state index in [2.05, 4.69) is 10.5 Å². The fourth-order valence-corrected chi connectivity index (χ4v) is 3.86. The van der Waals surface area contributed by atoms with E-state index in [4.69, 9.17) is 4.74 Å². The highest BCUT2D eigenvalue weighted by atomic mass is 32.1. The van der Waals surface area contributed by atoms with Crippen LogP contribution in [0.2, 0.25) is 0 Å². The van der Waals surface area contributed by atoms with Crippen molar-refractivity contribution >= 4 is 39.2 Å². The van der Waals surface area contributed by atoms with E-state index < -0.39 is 4.92 Å². The molecule has 31 heavy (non-hydrogen) atoms. The summed E-state index contributed by atoms with van der Waals surface area (Å²) in [5, 5.41) is 15.6. The molecule has 0 aliphatic carbocycles. The Balaban J connectivity index is 1.43. The summed E-state index contributed by atoms with van der Waals surface area (Å²) in [5.74, 6) is 0.265. The molecule has 0 atom stereocenters. The standard InChI is InChI=1S/C23H17N3O4S/c27-23(22-13-18-12-19(26(28)29)10-11-21(18)31-22)25-24-14-17-8-4-5-9-20(17)30-15-16-6-2-1-3-7-16/h1-14H,15H2,(H,25,27). The van der Waals surface area contributed by atoms with Crippen molar-refractivity contribution in [3.8, 4) is 5.75 Å². The van der Waals surface area contributed by atoms with Crippen molar-refractivity contribution in [2.24, 2.45) is 5.10 Å². The first kappa shape index (κ1) is 20.2. The number of ether oxygens (including phenoxy) is 1. The summed E-state index contributed by atoms with van der Waals surface area (Å²) in [5.41, 5.74) is 4.26. The Morgan fingerprint density at radius 1 is 1.06 bits per heavy atom. The normalized spacial score (nSPS) is 11.0. The predicted molar refractivity (Wildman–Crippen MR) is 121 cm³/mol. The van der Waals surface area contributed by atoms with Crippen molar-refractivity contribution in [3.05, 3.63) is 105 Å². The van der Waals surface area contributed by atoms with E-state index >= 15 is 0 Å². The molecule has 1 N–H and O–H groups in total. The average molecular weight is 431 g/mol. The van der Waals surface area contributed by atoms with E-state index in [1.54, 1.807) is 12.1 Å². The molecule has 7 nitrogen and oxygen atoms in total. The van der Waals surface area contributed by atoms with Gasteiger partial charge in [0.2, 0.25) is 0 Å². The number of para-hydroxylation sites is 1. The van der Waals surface area contributed by atoms with Crippen molar-refractivity contribution in [1.29, 1.82) is 0 Å². The van der Waals surface area contributed by atoms with Crippen molar-refractivity contribution in [2.45, 2.75) is 6.61 Å². The highest BCUT2D eigenvalue weighted by Crippen LogP contribution is 2.29. The summed E-state index contributed by atoms with van der Waals surface area (Å²) >= 11 is 1.25. The molecular formula is C23H17N3O4S. The van der Waals surface area contributed by atoms with Gasteiger partial charge in [-0.1, -0.05) is 42.5 Å². The summed E-state index contributed by atoms with van der Waals surface area (Å²) in [6, 6.07) is 23.4. The summed E-state index contributed by atoms with van der Waals surface area (Å²) in [6.07, 6.45) is 1.52. The molecule has 3 aromatic carbocycles. The number of non-ortho nitro benzene ring substituents is 1. The second kappa shape index (κ2) is 9.19. The van der Waals surface area contributed by atoms with Gasteiger partial charge in [-0.2, -0.15) is 5.10 Å². The third-order valence-electron chi connectivity index (χ3n) is 4.46. The van der Waals surface area contributed by atoms with Gasteiger partial charge in [0.1, 0.15) is 12.4 Å². The number of thiophene rings is 1. The van der Waals surface area contributed by atoms with Gasteiger partial charge in [0.25, 0.3) is 11.6 Å². The second-order valence-electron chi connectivity index (χ2n) is 6.60. The Kier molecular flexibility index (Phi) is 6.00. The maximum Gasteiger partial charge on any atom is 0.281 e. The Bertz CT molecular complexity index is 1270. The molecule has 4 rings (SSSR count). The quantitative estimate of drug-likeness (QED) is 0.249. The van der Waals surface area contributed by atoms with Gasteiger partial charge in [-0.3, -0.25) is 14.9 Å². The number of carbonyl (C=O) groups is 1. The fourth-order valence-electron chi connectivity index (χ4n) is 2.93. The Morgan fingerprint density at radius 2 is 1.84 bits per heavy atom. The summed E-state index contributed by atoms with van der Waals surface area (Å²) in [6.45, 7) is 0.423. The van der Waals surface area contributed by atoms with Gasteiger partial charge >= 0.3 is 0 Å². The van der Waals surface area contributed by atoms with Crippen molar-refractivity contribution < 1.29 is 14.5 Å². The molecule has 0 fully saturated rings. The Hall–Kier alpha value is -4.04. The number of nitro groups is 1. The van der Waals surface area contributed by atoms with E-state index in [0.29, 0.717) is 22.6 Å². The molecule has 0 saturated carbocycles. The number of hydrazone groups is 1. The van der Waals surface area contributed by atoms with Gasteiger partial charge in [-0.25, -0.2) is 5.43 Å². The highest BCUT2D eigenvalue weighted by Gasteiger charge is 2.13. The lowest BCUT2D eigenvalue weighted by Crippen LogP contribution is -2.16. The van der Waals surface area contributed by atoms with Crippen LogP contribution in [-0.4, -0.2) is 17.0 Å². The number of nitrogens with zero attached hydrogens (tertiary/aromatic N) is 2. The Labute approximate surface area is 181 Å². The van der Waals surface area contributed by atoms with Gasteiger partial charge in [0.05, 0.1) is 16.0 Å². The fraction of sp³-hybridized carbons (Fsp3) is 0.0435. The summed E-state index contributed by atoms with van der Waals surface area (Å²) in [7, 11) is 0. The van der Waals surface area contributed by atoms with Crippen LogP contribution in [0.25, 0.3) is 10.1 Å². The maximum absolute atomic E-state index is 12.4. The molecule has 0 bridgehead atoms. The Morgan fingerprint density at radius 3 is 2.65 bits per heavy atom. The maximum atomic E-state index is 12.4. The minimum Gasteiger partial charge on any atom is -0.488 e. The molecule has 0 unspecified atom stereocenters. The largest absolute Gasteiger partial charge is 0.488 e. The molecule has 154 valence electrons. The zero-order valence-electron chi connectivity index (χ0n) is 16.2. The zero-order chi connectivity index (χ0) is 21.6. The molecule has 0 radical (unpaired) electrons. The highest BCUT2D eigenvalue weighted by molar-refractivity contribution is 7.20. The lowest BCUT2D eigenvalue weighted by molar-refractivity contribution is -0.384. The molecule has 0 aliphatic heterocycles. The van der Waals surface area contributed by atoms with E-state index in [1.807, 2.05) is 54.6 Å².